The molecule has 0 aliphatic rings. The fraction of sp³-hybridized carbons (Fsp3) is 0.296. The summed E-state index contributed by atoms with van der Waals surface area (Å²) in [4.78, 5) is 14.0. The maximum Gasteiger partial charge on any atom is 0.416 e. The number of hydrogen-bond acceptors (Lipinski definition) is 2. The molecule has 1 N–H and O–H groups in total. The lowest BCUT2D eigenvalue weighted by atomic mass is 9.88. The zero-order valence-electron chi connectivity index (χ0n) is 19.2. The van der Waals surface area contributed by atoms with Crippen LogP contribution in [0.25, 0.3) is 11.1 Å². The lowest BCUT2D eigenvalue weighted by Crippen LogP contribution is -2.15. The quantitative estimate of drug-likeness (QED) is 0.345. The van der Waals surface area contributed by atoms with E-state index in [1.54, 1.807) is 18.2 Å². The number of carbonyl (C=O) groups is 1. The molecule has 3 aromatic rings. The summed E-state index contributed by atoms with van der Waals surface area (Å²) in [7, 11) is 1.85. The van der Waals surface area contributed by atoms with Crippen molar-refractivity contribution in [2.24, 2.45) is 5.92 Å². The second-order valence-corrected chi connectivity index (χ2v) is 9.22. The van der Waals surface area contributed by atoms with E-state index in [4.69, 9.17) is 11.6 Å². The van der Waals surface area contributed by atoms with Gasteiger partial charge >= 0.3 is 12.1 Å². The number of hydrogen-bond donors (Lipinski definition) is 1. The molecule has 0 saturated carbocycles. The number of halogens is 4. The second kappa shape index (κ2) is 10.5. The Hall–Kier alpha value is -2.99. The largest absolute Gasteiger partial charge is 0.481 e. The molecule has 1 atom stereocenters. The highest BCUT2D eigenvalue weighted by Crippen LogP contribution is 2.36. The van der Waals surface area contributed by atoms with E-state index in [0.29, 0.717) is 34.1 Å². The third-order valence-corrected chi connectivity index (χ3v) is 6.07. The van der Waals surface area contributed by atoms with E-state index in [1.807, 2.05) is 50.1 Å². The van der Waals surface area contributed by atoms with Crippen LogP contribution >= 0.6 is 11.6 Å². The molecule has 0 radical (unpaired) electrons. The first-order valence-electron chi connectivity index (χ1n) is 11.0. The van der Waals surface area contributed by atoms with E-state index in [1.165, 1.54) is 12.1 Å². The van der Waals surface area contributed by atoms with Gasteiger partial charge in [-0.15, -0.1) is 0 Å². The summed E-state index contributed by atoms with van der Waals surface area (Å²) in [5, 5.41) is 10.5. The van der Waals surface area contributed by atoms with E-state index in [0.717, 1.165) is 29.9 Å². The first kappa shape index (κ1) is 25.6. The molecule has 180 valence electrons. The first-order chi connectivity index (χ1) is 16.0. The molecule has 3 aromatic carbocycles. The number of aliphatic carboxylic acids is 1. The molecule has 0 unspecified atom stereocenters. The van der Waals surface area contributed by atoms with Crippen LogP contribution in [0.5, 0.6) is 0 Å². The Balaban J connectivity index is 2.10. The van der Waals surface area contributed by atoms with Gasteiger partial charge < -0.3 is 10.0 Å². The minimum atomic E-state index is -4.43. The van der Waals surface area contributed by atoms with Gasteiger partial charge in [-0.1, -0.05) is 43.6 Å². The highest BCUT2D eigenvalue weighted by atomic mass is 35.5. The van der Waals surface area contributed by atoms with Gasteiger partial charge in [-0.25, -0.2) is 0 Å². The van der Waals surface area contributed by atoms with Crippen molar-refractivity contribution in [1.82, 2.24) is 0 Å². The van der Waals surface area contributed by atoms with E-state index < -0.39 is 23.6 Å². The number of rotatable bonds is 8. The van der Waals surface area contributed by atoms with Gasteiger partial charge in [-0.05, 0) is 84.0 Å². The summed E-state index contributed by atoms with van der Waals surface area (Å²) < 4.78 is 39.1. The number of alkyl halides is 3. The van der Waals surface area contributed by atoms with Crippen LogP contribution in [0.4, 0.5) is 24.5 Å². The van der Waals surface area contributed by atoms with Crippen molar-refractivity contribution in [3.63, 3.8) is 0 Å². The molecule has 3 rings (SSSR count). The summed E-state index contributed by atoms with van der Waals surface area (Å²) in [6, 6.07) is 17.6. The average molecular weight is 490 g/mol. The molecule has 0 spiro atoms. The predicted octanol–water partition coefficient (Wildman–Crippen LogP) is 8.40. The van der Waals surface area contributed by atoms with Crippen LogP contribution in [-0.4, -0.2) is 18.1 Å². The molecule has 0 aromatic heterocycles. The molecular formula is C27H27ClF3NO2. The Morgan fingerprint density at radius 3 is 2.06 bits per heavy atom. The van der Waals surface area contributed by atoms with Gasteiger partial charge in [-0.3, -0.25) is 4.79 Å². The maximum absolute atomic E-state index is 13.0. The standard InChI is InChI=1S/C27H27ClF3NO2/c1-17(2)4-13-25(26(33)34)20-14-19(18-5-7-21(8-6-18)27(29,30)31)15-24(16-20)32(3)23-11-9-22(28)10-12-23/h5-12,14-17,25H,4,13H2,1-3H3,(H,33,34)/t25-/m1/s1. The molecule has 3 nitrogen and oxygen atoms in total. The van der Waals surface area contributed by atoms with Gasteiger partial charge in [0.05, 0.1) is 11.5 Å². The normalized spacial score (nSPS) is 12.6. The molecule has 7 heteroatoms. The highest BCUT2D eigenvalue weighted by Gasteiger charge is 2.30. The van der Waals surface area contributed by atoms with Gasteiger partial charge in [0.2, 0.25) is 0 Å². The van der Waals surface area contributed by atoms with Gasteiger partial charge in [0, 0.05) is 23.4 Å². The highest BCUT2D eigenvalue weighted by molar-refractivity contribution is 6.30. The Labute approximate surface area is 202 Å². The van der Waals surface area contributed by atoms with E-state index in [-0.39, 0.29) is 0 Å². The molecule has 0 aliphatic carbocycles. The van der Waals surface area contributed by atoms with Crippen LogP contribution in [0, 0.1) is 5.92 Å². The lowest BCUT2D eigenvalue weighted by Gasteiger charge is -2.23. The molecular weight excluding hydrogens is 463 g/mol. The van der Waals surface area contributed by atoms with Crippen molar-refractivity contribution in [1.29, 1.82) is 0 Å². The number of anilines is 2. The van der Waals surface area contributed by atoms with Crippen molar-refractivity contribution in [2.75, 3.05) is 11.9 Å². The molecule has 0 fully saturated rings. The summed E-state index contributed by atoms with van der Waals surface area (Å²) in [5.41, 5.74) is 2.68. The number of carboxylic acid groups (broad SMARTS) is 1. The molecule has 0 saturated heterocycles. The Kier molecular flexibility index (Phi) is 7.93. The monoisotopic (exact) mass is 489 g/mol. The third-order valence-electron chi connectivity index (χ3n) is 5.82. The average Bonchev–Trinajstić information content (AvgIpc) is 2.78. The zero-order valence-corrected chi connectivity index (χ0v) is 20.0. The van der Waals surface area contributed by atoms with Crippen LogP contribution in [-0.2, 0) is 11.0 Å². The molecule has 34 heavy (non-hydrogen) atoms. The van der Waals surface area contributed by atoms with E-state index in [2.05, 4.69) is 0 Å². The van der Waals surface area contributed by atoms with Crippen molar-refractivity contribution in [3.05, 3.63) is 82.9 Å². The van der Waals surface area contributed by atoms with Crippen LogP contribution in [0.3, 0.4) is 0 Å². The van der Waals surface area contributed by atoms with Crippen molar-refractivity contribution < 1.29 is 23.1 Å². The predicted molar refractivity (Wildman–Crippen MR) is 131 cm³/mol. The smallest absolute Gasteiger partial charge is 0.416 e. The zero-order chi connectivity index (χ0) is 25.0. The topological polar surface area (TPSA) is 40.5 Å². The Morgan fingerprint density at radius 2 is 1.53 bits per heavy atom. The minimum absolute atomic E-state index is 0.344. The summed E-state index contributed by atoms with van der Waals surface area (Å²) in [6.07, 6.45) is -3.22. The van der Waals surface area contributed by atoms with Crippen LogP contribution < -0.4 is 4.90 Å². The van der Waals surface area contributed by atoms with Crippen LogP contribution in [0.15, 0.2) is 66.7 Å². The van der Waals surface area contributed by atoms with E-state index in [9.17, 15) is 23.1 Å². The summed E-state index contributed by atoms with van der Waals surface area (Å²) in [5.74, 6) is -1.31. The molecule has 0 aliphatic heterocycles. The Bertz CT molecular complexity index is 1130. The van der Waals surface area contributed by atoms with Gasteiger partial charge in [0.1, 0.15) is 0 Å². The molecule has 0 bridgehead atoms. The second-order valence-electron chi connectivity index (χ2n) is 8.79. The fourth-order valence-electron chi connectivity index (χ4n) is 3.79. The van der Waals surface area contributed by atoms with Crippen molar-refractivity contribution in [2.45, 2.75) is 38.8 Å². The van der Waals surface area contributed by atoms with Gasteiger partial charge in [-0.2, -0.15) is 13.2 Å². The SMILES string of the molecule is CC(C)CC[C@@H](C(=O)O)c1cc(-c2ccc(C(F)(F)F)cc2)cc(N(C)c2ccc(Cl)cc2)c1. The summed E-state index contributed by atoms with van der Waals surface area (Å²) >= 11 is 6.01. The number of benzene rings is 3. The van der Waals surface area contributed by atoms with Crippen molar-refractivity contribution in [3.8, 4) is 11.1 Å². The lowest BCUT2D eigenvalue weighted by molar-refractivity contribution is -0.139. The Morgan fingerprint density at radius 1 is 0.912 bits per heavy atom. The maximum atomic E-state index is 13.0. The molecule has 0 amide bonds. The van der Waals surface area contributed by atoms with Gasteiger partial charge in [0.25, 0.3) is 0 Å². The number of nitrogens with zero attached hydrogens (tertiary/aromatic N) is 1. The van der Waals surface area contributed by atoms with Gasteiger partial charge in [0.15, 0.2) is 0 Å². The fourth-order valence-corrected chi connectivity index (χ4v) is 3.92. The third kappa shape index (κ3) is 6.32. The minimum Gasteiger partial charge on any atom is -0.481 e. The first-order valence-corrected chi connectivity index (χ1v) is 11.4. The van der Waals surface area contributed by atoms with E-state index >= 15 is 0 Å². The van der Waals surface area contributed by atoms with Crippen LogP contribution in [0.1, 0.15) is 43.7 Å². The molecule has 0 heterocycles. The summed E-state index contributed by atoms with van der Waals surface area (Å²) in [6.45, 7) is 4.08. The van der Waals surface area contributed by atoms with Crippen molar-refractivity contribution >= 4 is 28.9 Å². The van der Waals surface area contributed by atoms with Crippen LogP contribution in [0.2, 0.25) is 5.02 Å². The number of carboxylic acids is 1.